The number of para-hydroxylation sites is 1. The number of pyridine rings is 1. The van der Waals surface area contributed by atoms with E-state index >= 15 is 0 Å². The SMILES string of the molecule is C.N#Cc1ccc2ccccc2n1. The Morgan fingerprint density at radius 1 is 1.08 bits per heavy atom. The lowest BCUT2D eigenvalue weighted by atomic mass is 10.2. The Hall–Kier alpha value is -1.88. The fourth-order valence-corrected chi connectivity index (χ4v) is 1.13. The monoisotopic (exact) mass is 170 g/mol. The van der Waals surface area contributed by atoms with E-state index in [0.29, 0.717) is 5.69 Å². The van der Waals surface area contributed by atoms with E-state index in [1.165, 1.54) is 0 Å². The molecule has 1 heterocycles. The summed E-state index contributed by atoms with van der Waals surface area (Å²) in [5.74, 6) is 0. The molecule has 0 aliphatic heterocycles. The van der Waals surface area contributed by atoms with Gasteiger partial charge in [-0.05, 0) is 18.2 Å². The number of rotatable bonds is 0. The number of nitrogens with zero attached hydrogens (tertiary/aromatic N) is 2. The van der Waals surface area contributed by atoms with Crippen LogP contribution in [0, 0.1) is 11.3 Å². The maximum absolute atomic E-state index is 8.58. The number of fused-ring (bicyclic) bond motifs is 1. The van der Waals surface area contributed by atoms with Gasteiger partial charge in [0.1, 0.15) is 11.8 Å². The molecule has 0 amide bonds. The second kappa shape index (κ2) is 3.68. The predicted molar refractivity (Wildman–Crippen MR) is 53.2 cm³/mol. The van der Waals surface area contributed by atoms with Crippen molar-refractivity contribution in [3.8, 4) is 6.07 Å². The summed E-state index contributed by atoms with van der Waals surface area (Å²) < 4.78 is 0. The van der Waals surface area contributed by atoms with Crippen molar-refractivity contribution in [3.05, 3.63) is 42.1 Å². The molecular formula is C11H10N2. The van der Waals surface area contributed by atoms with Gasteiger partial charge in [0.15, 0.2) is 0 Å². The van der Waals surface area contributed by atoms with E-state index in [0.717, 1.165) is 10.9 Å². The van der Waals surface area contributed by atoms with E-state index in [-0.39, 0.29) is 7.43 Å². The molecular weight excluding hydrogens is 160 g/mol. The predicted octanol–water partition coefficient (Wildman–Crippen LogP) is 2.74. The molecule has 0 saturated heterocycles. The molecule has 0 saturated carbocycles. The summed E-state index contributed by atoms with van der Waals surface area (Å²) in [5.41, 5.74) is 1.34. The lowest BCUT2D eigenvalue weighted by Gasteiger charge is -1.94. The average molecular weight is 170 g/mol. The summed E-state index contributed by atoms with van der Waals surface area (Å²) in [6, 6.07) is 13.4. The normalized spacial score (nSPS) is 8.85. The standard InChI is InChI=1S/C10H6N2.CH4/c11-7-9-6-5-8-3-1-2-4-10(8)12-9;/h1-6H;1H4. The maximum atomic E-state index is 8.58. The summed E-state index contributed by atoms with van der Waals surface area (Å²) in [5, 5.41) is 9.65. The first-order valence-corrected chi connectivity index (χ1v) is 3.66. The minimum atomic E-state index is 0. The van der Waals surface area contributed by atoms with Gasteiger partial charge in [0.25, 0.3) is 0 Å². The minimum absolute atomic E-state index is 0. The fourth-order valence-electron chi connectivity index (χ4n) is 1.13. The number of aromatic nitrogens is 1. The highest BCUT2D eigenvalue weighted by Crippen LogP contribution is 2.10. The van der Waals surface area contributed by atoms with Crippen LogP contribution in [0.1, 0.15) is 13.1 Å². The summed E-state index contributed by atoms with van der Waals surface area (Å²) in [4.78, 5) is 4.13. The summed E-state index contributed by atoms with van der Waals surface area (Å²) in [7, 11) is 0. The van der Waals surface area contributed by atoms with Crippen molar-refractivity contribution in [2.24, 2.45) is 0 Å². The summed E-state index contributed by atoms with van der Waals surface area (Å²) in [6.45, 7) is 0. The second-order valence-corrected chi connectivity index (χ2v) is 2.50. The first-order valence-electron chi connectivity index (χ1n) is 3.66. The van der Waals surface area contributed by atoms with Crippen molar-refractivity contribution < 1.29 is 0 Å². The van der Waals surface area contributed by atoms with Crippen molar-refractivity contribution in [2.75, 3.05) is 0 Å². The lowest BCUT2D eigenvalue weighted by Crippen LogP contribution is -1.82. The number of nitriles is 1. The third kappa shape index (κ3) is 1.65. The van der Waals surface area contributed by atoms with Crippen LogP contribution >= 0.6 is 0 Å². The van der Waals surface area contributed by atoms with Crippen molar-refractivity contribution in [3.63, 3.8) is 0 Å². The van der Waals surface area contributed by atoms with Crippen LogP contribution in [0.3, 0.4) is 0 Å². The van der Waals surface area contributed by atoms with Crippen LogP contribution in [0.15, 0.2) is 36.4 Å². The molecule has 0 fully saturated rings. The van der Waals surface area contributed by atoms with Gasteiger partial charge in [0.2, 0.25) is 0 Å². The highest BCUT2D eigenvalue weighted by molar-refractivity contribution is 5.78. The van der Waals surface area contributed by atoms with E-state index in [4.69, 9.17) is 5.26 Å². The molecule has 0 radical (unpaired) electrons. The fraction of sp³-hybridized carbons (Fsp3) is 0.0909. The molecule has 1 aromatic heterocycles. The number of benzene rings is 1. The van der Waals surface area contributed by atoms with E-state index in [1.54, 1.807) is 6.07 Å². The van der Waals surface area contributed by atoms with Gasteiger partial charge in [-0.2, -0.15) is 5.26 Å². The molecule has 0 atom stereocenters. The van der Waals surface area contributed by atoms with Crippen molar-refractivity contribution in [1.82, 2.24) is 4.98 Å². The van der Waals surface area contributed by atoms with Gasteiger partial charge in [0, 0.05) is 5.39 Å². The molecule has 2 aromatic rings. The smallest absolute Gasteiger partial charge is 0.141 e. The van der Waals surface area contributed by atoms with E-state index in [2.05, 4.69) is 4.98 Å². The summed E-state index contributed by atoms with van der Waals surface area (Å²) in [6.07, 6.45) is 0. The van der Waals surface area contributed by atoms with Crippen LogP contribution in [0.5, 0.6) is 0 Å². The summed E-state index contributed by atoms with van der Waals surface area (Å²) >= 11 is 0. The first kappa shape index (κ1) is 9.21. The molecule has 0 aliphatic carbocycles. The number of hydrogen-bond donors (Lipinski definition) is 0. The van der Waals surface area contributed by atoms with E-state index in [9.17, 15) is 0 Å². The Kier molecular flexibility index (Phi) is 2.61. The van der Waals surface area contributed by atoms with Gasteiger partial charge in [0.05, 0.1) is 5.52 Å². The Labute approximate surface area is 77.5 Å². The van der Waals surface area contributed by atoms with Gasteiger partial charge in [-0.1, -0.05) is 25.6 Å². The van der Waals surface area contributed by atoms with Gasteiger partial charge in [-0.25, -0.2) is 4.98 Å². The zero-order valence-corrected chi connectivity index (χ0v) is 6.36. The van der Waals surface area contributed by atoms with Gasteiger partial charge < -0.3 is 0 Å². The quantitative estimate of drug-likeness (QED) is 0.609. The molecule has 2 nitrogen and oxygen atoms in total. The molecule has 2 rings (SSSR count). The molecule has 0 aliphatic rings. The van der Waals surface area contributed by atoms with Gasteiger partial charge in [-0.15, -0.1) is 0 Å². The molecule has 0 bridgehead atoms. The van der Waals surface area contributed by atoms with E-state index in [1.807, 2.05) is 36.4 Å². The molecule has 1 aromatic carbocycles. The Balaban J connectivity index is 0.000000845. The Morgan fingerprint density at radius 2 is 1.85 bits per heavy atom. The second-order valence-electron chi connectivity index (χ2n) is 2.50. The molecule has 13 heavy (non-hydrogen) atoms. The van der Waals surface area contributed by atoms with Crippen LogP contribution in [0.2, 0.25) is 0 Å². The molecule has 0 unspecified atom stereocenters. The molecule has 64 valence electrons. The molecule has 0 N–H and O–H groups in total. The van der Waals surface area contributed by atoms with Gasteiger partial charge >= 0.3 is 0 Å². The zero-order valence-electron chi connectivity index (χ0n) is 6.36. The third-order valence-corrected chi connectivity index (χ3v) is 1.71. The van der Waals surface area contributed by atoms with Crippen molar-refractivity contribution >= 4 is 10.9 Å². The van der Waals surface area contributed by atoms with Crippen LogP contribution < -0.4 is 0 Å². The van der Waals surface area contributed by atoms with Crippen molar-refractivity contribution in [2.45, 2.75) is 7.43 Å². The first-order chi connectivity index (χ1) is 5.90. The average Bonchev–Trinajstić information content (AvgIpc) is 2.17. The largest absolute Gasteiger partial charge is 0.237 e. The Bertz CT molecular complexity index is 455. The lowest BCUT2D eigenvalue weighted by molar-refractivity contribution is 1.33. The highest BCUT2D eigenvalue weighted by atomic mass is 14.7. The minimum Gasteiger partial charge on any atom is -0.237 e. The van der Waals surface area contributed by atoms with Crippen LogP contribution in [0.4, 0.5) is 0 Å². The van der Waals surface area contributed by atoms with Crippen LogP contribution in [-0.2, 0) is 0 Å². The van der Waals surface area contributed by atoms with Crippen LogP contribution in [0.25, 0.3) is 10.9 Å². The number of hydrogen-bond acceptors (Lipinski definition) is 2. The van der Waals surface area contributed by atoms with Crippen LogP contribution in [-0.4, -0.2) is 4.98 Å². The Morgan fingerprint density at radius 3 is 2.62 bits per heavy atom. The van der Waals surface area contributed by atoms with Crippen molar-refractivity contribution in [1.29, 1.82) is 5.26 Å². The van der Waals surface area contributed by atoms with Gasteiger partial charge in [-0.3, -0.25) is 0 Å². The molecule has 2 heteroatoms. The zero-order chi connectivity index (χ0) is 8.39. The topological polar surface area (TPSA) is 36.7 Å². The molecule has 0 spiro atoms. The third-order valence-electron chi connectivity index (χ3n) is 1.71. The highest BCUT2D eigenvalue weighted by Gasteiger charge is 1.94. The maximum Gasteiger partial charge on any atom is 0.141 e. The van der Waals surface area contributed by atoms with E-state index < -0.39 is 0 Å².